The van der Waals surface area contributed by atoms with Gasteiger partial charge in [-0.2, -0.15) is 0 Å². The standard InChI is InChI=1S/C12H17Br2NO2/c1-16-7-3-8-17-9-6-15-12-10(13)4-2-5-11(12)14/h2,4-5,15H,3,6-9H2,1H3. The highest BCUT2D eigenvalue weighted by Gasteiger charge is 2.02. The van der Waals surface area contributed by atoms with Gasteiger partial charge in [-0.1, -0.05) is 6.07 Å². The van der Waals surface area contributed by atoms with Gasteiger partial charge in [0.05, 0.1) is 12.3 Å². The van der Waals surface area contributed by atoms with E-state index in [1.807, 2.05) is 18.2 Å². The van der Waals surface area contributed by atoms with Crippen molar-refractivity contribution >= 4 is 37.5 Å². The van der Waals surface area contributed by atoms with E-state index in [4.69, 9.17) is 9.47 Å². The van der Waals surface area contributed by atoms with Gasteiger partial charge in [0.25, 0.3) is 0 Å². The lowest BCUT2D eigenvalue weighted by molar-refractivity contribution is 0.109. The minimum absolute atomic E-state index is 0.692. The number of hydrogen-bond acceptors (Lipinski definition) is 3. The summed E-state index contributed by atoms with van der Waals surface area (Å²) in [5, 5.41) is 3.32. The molecule has 1 aromatic carbocycles. The van der Waals surface area contributed by atoms with Crippen LogP contribution in [0.4, 0.5) is 5.69 Å². The Morgan fingerprint density at radius 1 is 1.12 bits per heavy atom. The Kier molecular flexibility index (Phi) is 7.84. The number of ether oxygens (including phenoxy) is 2. The van der Waals surface area contributed by atoms with Crippen LogP contribution in [-0.4, -0.2) is 33.5 Å². The van der Waals surface area contributed by atoms with Crippen molar-refractivity contribution in [2.45, 2.75) is 6.42 Å². The molecule has 0 saturated carbocycles. The number of benzene rings is 1. The Morgan fingerprint density at radius 2 is 1.82 bits per heavy atom. The molecular weight excluding hydrogens is 350 g/mol. The summed E-state index contributed by atoms with van der Waals surface area (Å²) in [6.45, 7) is 2.97. The average Bonchev–Trinajstić information content (AvgIpc) is 2.31. The molecule has 0 aliphatic carbocycles. The number of methoxy groups -OCH3 is 1. The molecule has 0 amide bonds. The first-order valence-electron chi connectivity index (χ1n) is 5.50. The second-order valence-corrected chi connectivity index (χ2v) is 5.19. The molecular formula is C12H17Br2NO2. The highest BCUT2D eigenvalue weighted by atomic mass is 79.9. The zero-order valence-corrected chi connectivity index (χ0v) is 13.0. The SMILES string of the molecule is COCCCOCCNc1c(Br)cccc1Br. The maximum Gasteiger partial charge on any atom is 0.0639 e. The van der Waals surface area contributed by atoms with Crippen LogP contribution in [0.15, 0.2) is 27.1 Å². The highest BCUT2D eigenvalue weighted by molar-refractivity contribution is 9.11. The lowest BCUT2D eigenvalue weighted by Gasteiger charge is -2.10. The number of para-hydroxylation sites is 1. The molecule has 1 N–H and O–H groups in total. The van der Waals surface area contributed by atoms with Gasteiger partial charge >= 0.3 is 0 Å². The van der Waals surface area contributed by atoms with Crippen LogP contribution in [0, 0.1) is 0 Å². The largest absolute Gasteiger partial charge is 0.385 e. The quantitative estimate of drug-likeness (QED) is 0.712. The van der Waals surface area contributed by atoms with Crippen molar-refractivity contribution in [2.75, 3.05) is 38.8 Å². The van der Waals surface area contributed by atoms with E-state index in [1.54, 1.807) is 7.11 Å². The van der Waals surface area contributed by atoms with Crippen molar-refractivity contribution in [3.8, 4) is 0 Å². The van der Waals surface area contributed by atoms with E-state index >= 15 is 0 Å². The van der Waals surface area contributed by atoms with Crippen molar-refractivity contribution in [1.29, 1.82) is 0 Å². The summed E-state index contributed by atoms with van der Waals surface area (Å²) in [4.78, 5) is 0. The summed E-state index contributed by atoms with van der Waals surface area (Å²) < 4.78 is 12.5. The van der Waals surface area contributed by atoms with E-state index < -0.39 is 0 Å². The molecule has 0 spiro atoms. The Labute approximate surface area is 119 Å². The molecule has 5 heteroatoms. The Morgan fingerprint density at radius 3 is 2.47 bits per heavy atom. The fourth-order valence-electron chi connectivity index (χ4n) is 1.32. The molecule has 96 valence electrons. The minimum Gasteiger partial charge on any atom is -0.385 e. The maximum atomic E-state index is 5.46. The summed E-state index contributed by atoms with van der Waals surface area (Å²) >= 11 is 7.00. The zero-order valence-electron chi connectivity index (χ0n) is 9.84. The second kappa shape index (κ2) is 8.91. The Hall–Kier alpha value is -0.100. The summed E-state index contributed by atoms with van der Waals surface area (Å²) in [5.41, 5.74) is 1.06. The van der Waals surface area contributed by atoms with Gasteiger partial charge in [0.2, 0.25) is 0 Å². The second-order valence-electron chi connectivity index (χ2n) is 3.48. The minimum atomic E-state index is 0.692. The fraction of sp³-hybridized carbons (Fsp3) is 0.500. The van der Waals surface area contributed by atoms with Gasteiger partial charge in [-0.05, 0) is 50.4 Å². The van der Waals surface area contributed by atoms with Crippen LogP contribution in [0.3, 0.4) is 0 Å². The first kappa shape index (κ1) is 15.0. The fourth-order valence-corrected chi connectivity index (χ4v) is 2.60. The van der Waals surface area contributed by atoms with Crippen LogP contribution in [0.2, 0.25) is 0 Å². The van der Waals surface area contributed by atoms with E-state index in [0.717, 1.165) is 40.8 Å². The van der Waals surface area contributed by atoms with Crippen LogP contribution in [0.5, 0.6) is 0 Å². The summed E-state index contributed by atoms with van der Waals surface area (Å²) in [7, 11) is 1.70. The topological polar surface area (TPSA) is 30.5 Å². The maximum absolute atomic E-state index is 5.46. The molecule has 0 atom stereocenters. The van der Waals surface area contributed by atoms with Crippen molar-refractivity contribution in [2.24, 2.45) is 0 Å². The molecule has 0 bridgehead atoms. The third kappa shape index (κ3) is 5.86. The van der Waals surface area contributed by atoms with Crippen LogP contribution in [0.1, 0.15) is 6.42 Å². The summed E-state index contributed by atoms with van der Waals surface area (Å²) in [6, 6.07) is 6.00. The summed E-state index contributed by atoms with van der Waals surface area (Å²) in [6.07, 6.45) is 0.940. The number of anilines is 1. The van der Waals surface area contributed by atoms with Gasteiger partial charge in [0.1, 0.15) is 0 Å². The molecule has 0 aromatic heterocycles. The number of halogens is 2. The van der Waals surface area contributed by atoms with E-state index in [-0.39, 0.29) is 0 Å². The first-order valence-corrected chi connectivity index (χ1v) is 7.09. The molecule has 3 nitrogen and oxygen atoms in total. The van der Waals surface area contributed by atoms with Gasteiger partial charge in [-0.25, -0.2) is 0 Å². The highest BCUT2D eigenvalue weighted by Crippen LogP contribution is 2.30. The molecule has 0 saturated heterocycles. The first-order chi connectivity index (χ1) is 8.25. The van der Waals surface area contributed by atoms with Crippen molar-refractivity contribution in [3.63, 3.8) is 0 Å². The predicted octanol–water partition coefficient (Wildman–Crippen LogP) is 3.68. The van der Waals surface area contributed by atoms with E-state index in [1.165, 1.54) is 0 Å². The normalized spacial score (nSPS) is 10.5. The molecule has 0 fully saturated rings. The molecule has 0 aliphatic heterocycles. The number of nitrogens with one attached hydrogen (secondary N) is 1. The molecule has 17 heavy (non-hydrogen) atoms. The molecule has 0 unspecified atom stereocenters. The van der Waals surface area contributed by atoms with Gasteiger partial charge in [-0.15, -0.1) is 0 Å². The predicted molar refractivity (Wildman–Crippen MR) is 77.6 cm³/mol. The van der Waals surface area contributed by atoms with E-state index in [9.17, 15) is 0 Å². The third-order valence-corrected chi connectivity index (χ3v) is 3.47. The molecule has 1 aromatic rings. The van der Waals surface area contributed by atoms with Crippen LogP contribution < -0.4 is 5.32 Å². The van der Waals surface area contributed by atoms with Crippen LogP contribution in [-0.2, 0) is 9.47 Å². The monoisotopic (exact) mass is 365 g/mol. The smallest absolute Gasteiger partial charge is 0.0639 e. The molecule has 0 aliphatic rings. The lowest BCUT2D eigenvalue weighted by atomic mass is 10.3. The molecule has 0 radical (unpaired) electrons. The average molecular weight is 367 g/mol. The van der Waals surface area contributed by atoms with Gasteiger partial charge in [0.15, 0.2) is 0 Å². The summed E-state index contributed by atoms with van der Waals surface area (Å²) in [5.74, 6) is 0. The van der Waals surface area contributed by atoms with E-state index in [2.05, 4.69) is 37.2 Å². The molecule has 1 rings (SSSR count). The van der Waals surface area contributed by atoms with E-state index in [0.29, 0.717) is 6.61 Å². The Bertz CT molecular complexity index is 314. The molecule has 0 heterocycles. The van der Waals surface area contributed by atoms with Crippen molar-refractivity contribution < 1.29 is 9.47 Å². The van der Waals surface area contributed by atoms with Crippen molar-refractivity contribution in [1.82, 2.24) is 0 Å². The third-order valence-electron chi connectivity index (χ3n) is 2.15. The van der Waals surface area contributed by atoms with Crippen LogP contribution in [0.25, 0.3) is 0 Å². The van der Waals surface area contributed by atoms with Gasteiger partial charge < -0.3 is 14.8 Å². The lowest BCUT2D eigenvalue weighted by Crippen LogP contribution is -2.11. The van der Waals surface area contributed by atoms with Crippen molar-refractivity contribution in [3.05, 3.63) is 27.1 Å². The number of rotatable bonds is 8. The van der Waals surface area contributed by atoms with Crippen LogP contribution >= 0.6 is 31.9 Å². The van der Waals surface area contributed by atoms with Gasteiger partial charge in [0, 0.05) is 35.8 Å². The Balaban J connectivity index is 2.18. The number of hydrogen-bond donors (Lipinski definition) is 1. The van der Waals surface area contributed by atoms with Gasteiger partial charge in [-0.3, -0.25) is 0 Å². The zero-order chi connectivity index (χ0) is 12.5.